The molecule has 6 heteroatoms. The minimum absolute atomic E-state index is 0.0235. The van der Waals surface area contributed by atoms with Crippen LogP contribution in [0, 0.1) is 0 Å². The summed E-state index contributed by atoms with van der Waals surface area (Å²) in [5.74, 6) is 0.140. The van der Waals surface area contributed by atoms with Gasteiger partial charge in [0.25, 0.3) is 0 Å². The molecule has 1 aliphatic heterocycles. The first kappa shape index (κ1) is 14.3. The Bertz CT molecular complexity index is 323. The monoisotopic (exact) mass is 268 g/mol. The molecule has 0 atom stereocenters. The van der Waals surface area contributed by atoms with E-state index in [1.807, 2.05) is 11.9 Å². The van der Waals surface area contributed by atoms with Crippen molar-refractivity contribution in [3.8, 4) is 0 Å². The fourth-order valence-corrected chi connectivity index (χ4v) is 2.23. The highest BCUT2D eigenvalue weighted by Crippen LogP contribution is 2.18. The van der Waals surface area contributed by atoms with Gasteiger partial charge in [-0.15, -0.1) is 0 Å². The second-order valence-corrected chi connectivity index (χ2v) is 5.50. The Hall–Kier alpha value is -1.14. The third-order valence-corrected chi connectivity index (χ3v) is 3.45. The zero-order valence-electron chi connectivity index (χ0n) is 11.7. The molecular formula is C13H24N4O2. The van der Waals surface area contributed by atoms with Gasteiger partial charge >= 0.3 is 0 Å². The van der Waals surface area contributed by atoms with Crippen LogP contribution in [0.1, 0.15) is 19.3 Å². The van der Waals surface area contributed by atoms with Crippen LogP contribution in [-0.2, 0) is 9.59 Å². The molecule has 2 fully saturated rings. The van der Waals surface area contributed by atoms with E-state index in [2.05, 4.69) is 10.6 Å². The van der Waals surface area contributed by atoms with Gasteiger partial charge < -0.3 is 15.5 Å². The van der Waals surface area contributed by atoms with Crippen LogP contribution in [0.2, 0.25) is 0 Å². The van der Waals surface area contributed by atoms with E-state index in [1.165, 1.54) is 0 Å². The maximum atomic E-state index is 12.1. The Morgan fingerprint density at radius 1 is 1.26 bits per heavy atom. The molecule has 0 aromatic heterocycles. The molecule has 0 aromatic carbocycles. The van der Waals surface area contributed by atoms with Crippen LogP contribution in [-0.4, -0.2) is 74.0 Å². The number of hydrogen-bond acceptors (Lipinski definition) is 4. The molecule has 0 spiro atoms. The summed E-state index contributed by atoms with van der Waals surface area (Å²) in [7, 11) is 1.82. The Kier molecular flexibility index (Phi) is 5.15. The average molecular weight is 268 g/mol. The third-order valence-electron chi connectivity index (χ3n) is 3.45. The summed E-state index contributed by atoms with van der Waals surface area (Å²) in [5, 5.41) is 6.21. The first-order chi connectivity index (χ1) is 9.15. The van der Waals surface area contributed by atoms with Gasteiger partial charge in [-0.3, -0.25) is 14.5 Å². The zero-order chi connectivity index (χ0) is 13.7. The maximum Gasteiger partial charge on any atom is 0.236 e. The molecule has 2 rings (SSSR count). The highest BCUT2D eigenvalue weighted by molar-refractivity contribution is 5.81. The standard InChI is InChI=1S/C13H24N4O2/c1-16(9-12(18)15-11-3-4-11)10-13(19)17-7-2-5-14-6-8-17/h11,14H,2-10H2,1H3,(H,15,18). The van der Waals surface area contributed by atoms with Crippen LogP contribution in [0.5, 0.6) is 0 Å². The number of nitrogens with one attached hydrogen (secondary N) is 2. The van der Waals surface area contributed by atoms with Crippen molar-refractivity contribution in [3.05, 3.63) is 0 Å². The molecule has 0 bridgehead atoms. The van der Waals surface area contributed by atoms with Gasteiger partial charge in [0, 0.05) is 25.7 Å². The summed E-state index contributed by atoms with van der Waals surface area (Å²) in [6, 6.07) is 0.383. The molecule has 0 unspecified atom stereocenters. The highest BCUT2D eigenvalue weighted by Gasteiger charge is 2.24. The molecule has 1 aliphatic carbocycles. The van der Waals surface area contributed by atoms with E-state index in [4.69, 9.17) is 0 Å². The summed E-state index contributed by atoms with van der Waals surface area (Å²) in [4.78, 5) is 27.4. The van der Waals surface area contributed by atoms with Crippen LogP contribution in [0.15, 0.2) is 0 Å². The molecule has 2 aliphatic rings. The van der Waals surface area contributed by atoms with Gasteiger partial charge in [0.15, 0.2) is 0 Å². The summed E-state index contributed by atoms with van der Waals surface area (Å²) in [5.41, 5.74) is 0. The maximum absolute atomic E-state index is 12.1. The van der Waals surface area contributed by atoms with Crippen molar-refractivity contribution in [2.75, 3.05) is 46.3 Å². The van der Waals surface area contributed by atoms with Gasteiger partial charge in [0.05, 0.1) is 13.1 Å². The number of amides is 2. The smallest absolute Gasteiger partial charge is 0.236 e. The topological polar surface area (TPSA) is 64.7 Å². The lowest BCUT2D eigenvalue weighted by Gasteiger charge is -2.23. The highest BCUT2D eigenvalue weighted by atomic mass is 16.2. The van der Waals surface area contributed by atoms with Crippen molar-refractivity contribution < 1.29 is 9.59 Å². The van der Waals surface area contributed by atoms with Crippen LogP contribution in [0.3, 0.4) is 0 Å². The lowest BCUT2D eigenvalue weighted by molar-refractivity contribution is -0.132. The molecule has 1 saturated carbocycles. The van der Waals surface area contributed by atoms with E-state index >= 15 is 0 Å². The van der Waals surface area contributed by atoms with Gasteiger partial charge in [-0.2, -0.15) is 0 Å². The number of likely N-dealkylation sites (N-methyl/N-ethyl adjacent to an activating group) is 1. The SMILES string of the molecule is CN(CC(=O)NC1CC1)CC(=O)N1CCCNCC1. The number of carbonyl (C=O) groups is 2. The molecule has 19 heavy (non-hydrogen) atoms. The molecule has 0 aromatic rings. The van der Waals surface area contributed by atoms with Gasteiger partial charge in [-0.25, -0.2) is 0 Å². The number of nitrogens with zero attached hydrogens (tertiary/aromatic N) is 2. The van der Waals surface area contributed by atoms with Crippen LogP contribution in [0.25, 0.3) is 0 Å². The van der Waals surface area contributed by atoms with Crippen molar-refractivity contribution >= 4 is 11.8 Å². The molecule has 2 amide bonds. The average Bonchev–Trinajstić information content (AvgIpc) is 3.13. The van der Waals surface area contributed by atoms with Gasteiger partial charge in [-0.05, 0) is 32.9 Å². The van der Waals surface area contributed by atoms with Crippen molar-refractivity contribution in [1.82, 2.24) is 20.4 Å². The van der Waals surface area contributed by atoms with Crippen molar-refractivity contribution in [2.45, 2.75) is 25.3 Å². The Morgan fingerprint density at radius 3 is 2.79 bits per heavy atom. The van der Waals surface area contributed by atoms with E-state index in [1.54, 1.807) is 4.90 Å². The van der Waals surface area contributed by atoms with Crippen molar-refractivity contribution in [3.63, 3.8) is 0 Å². The quantitative estimate of drug-likeness (QED) is 0.672. The fraction of sp³-hybridized carbons (Fsp3) is 0.846. The van der Waals surface area contributed by atoms with E-state index in [0.29, 0.717) is 19.1 Å². The summed E-state index contributed by atoms with van der Waals surface area (Å²) < 4.78 is 0. The van der Waals surface area contributed by atoms with Crippen LogP contribution >= 0.6 is 0 Å². The fourth-order valence-electron chi connectivity index (χ4n) is 2.23. The Morgan fingerprint density at radius 2 is 2.05 bits per heavy atom. The number of hydrogen-bond donors (Lipinski definition) is 2. The lowest BCUT2D eigenvalue weighted by atomic mass is 10.3. The molecule has 2 N–H and O–H groups in total. The first-order valence-electron chi connectivity index (χ1n) is 7.11. The summed E-state index contributed by atoms with van der Waals surface area (Å²) in [6.07, 6.45) is 3.18. The second-order valence-electron chi connectivity index (χ2n) is 5.50. The van der Waals surface area contributed by atoms with Crippen molar-refractivity contribution in [2.24, 2.45) is 0 Å². The Balaban J connectivity index is 1.68. The third kappa shape index (κ3) is 5.16. The van der Waals surface area contributed by atoms with Gasteiger partial charge in [-0.1, -0.05) is 0 Å². The second kappa shape index (κ2) is 6.86. The molecule has 108 valence electrons. The predicted octanol–water partition coefficient (Wildman–Crippen LogP) is -0.981. The number of rotatable bonds is 5. The predicted molar refractivity (Wildman–Crippen MR) is 72.7 cm³/mol. The van der Waals surface area contributed by atoms with Gasteiger partial charge in [0.2, 0.25) is 11.8 Å². The van der Waals surface area contributed by atoms with E-state index in [0.717, 1.165) is 45.4 Å². The normalized spacial score (nSPS) is 20.2. The van der Waals surface area contributed by atoms with E-state index in [-0.39, 0.29) is 11.8 Å². The zero-order valence-corrected chi connectivity index (χ0v) is 11.7. The largest absolute Gasteiger partial charge is 0.352 e. The molecular weight excluding hydrogens is 244 g/mol. The summed E-state index contributed by atoms with van der Waals surface area (Å²) in [6.45, 7) is 4.03. The van der Waals surface area contributed by atoms with Crippen LogP contribution < -0.4 is 10.6 Å². The number of carbonyl (C=O) groups excluding carboxylic acids is 2. The van der Waals surface area contributed by atoms with E-state index in [9.17, 15) is 9.59 Å². The van der Waals surface area contributed by atoms with E-state index < -0.39 is 0 Å². The molecule has 0 radical (unpaired) electrons. The summed E-state index contributed by atoms with van der Waals surface area (Å²) >= 11 is 0. The minimum atomic E-state index is 0.0235. The first-order valence-corrected chi connectivity index (χ1v) is 7.11. The van der Waals surface area contributed by atoms with Gasteiger partial charge in [0.1, 0.15) is 0 Å². The van der Waals surface area contributed by atoms with Crippen LogP contribution in [0.4, 0.5) is 0 Å². The molecule has 6 nitrogen and oxygen atoms in total. The lowest BCUT2D eigenvalue weighted by Crippen LogP contribution is -2.44. The Labute approximate surface area is 114 Å². The minimum Gasteiger partial charge on any atom is -0.352 e. The van der Waals surface area contributed by atoms with Crippen molar-refractivity contribution in [1.29, 1.82) is 0 Å². The molecule has 1 heterocycles. The molecule has 1 saturated heterocycles.